The van der Waals surface area contributed by atoms with Gasteiger partial charge in [-0.1, -0.05) is 35.3 Å². The molecule has 5 heteroatoms. The molecule has 0 aliphatic rings. The van der Waals surface area contributed by atoms with Crippen LogP contribution in [0.15, 0.2) is 85.7 Å². The summed E-state index contributed by atoms with van der Waals surface area (Å²) in [6, 6.07) is 17.9. The Balaban J connectivity index is 1.75. The lowest BCUT2D eigenvalue weighted by atomic mass is 10.0. The highest BCUT2D eigenvalue weighted by atomic mass is 35.5. The van der Waals surface area contributed by atoms with Gasteiger partial charge in [-0.3, -0.25) is 0 Å². The summed E-state index contributed by atoms with van der Waals surface area (Å²) in [5.41, 5.74) is 3.38. The van der Waals surface area contributed by atoms with E-state index >= 15 is 0 Å². The maximum absolute atomic E-state index is 6.05. The van der Waals surface area contributed by atoms with Crippen molar-refractivity contribution in [3.8, 4) is 5.69 Å². The third-order valence-electron chi connectivity index (χ3n) is 4.17. The highest BCUT2D eigenvalue weighted by Gasteiger charge is 2.17. The van der Waals surface area contributed by atoms with Crippen LogP contribution >= 0.6 is 23.2 Å². The number of halogens is 2. The Labute approximate surface area is 156 Å². The lowest BCUT2D eigenvalue weighted by molar-refractivity contribution is 0.676. The molecule has 0 fully saturated rings. The quantitative estimate of drug-likeness (QED) is 0.459. The van der Waals surface area contributed by atoms with Crippen molar-refractivity contribution >= 4 is 23.2 Å². The molecule has 0 aliphatic carbocycles. The standard InChI is InChI=1S/C20H15Cl2N3/c21-17-3-1-15(2-4-17)20(25-12-10-23-14-25)16-9-11-24(13-16)19-7-5-18(22)6-8-19/h1-14,20H/t20-/m0/s1. The van der Waals surface area contributed by atoms with Gasteiger partial charge in [0.1, 0.15) is 0 Å². The molecule has 2 aromatic carbocycles. The normalized spacial score (nSPS) is 12.2. The average Bonchev–Trinajstić information content (AvgIpc) is 3.30. The first-order valence-corrected chi connectivity index (χ1v) is 8.63. The van der Waals surface area contributed by atoms with Gasteiger partial charge in [0.2, 0.25) is 0 Å². The summed E-state index contributed by atoms with van der Waals surface area (Å²) >= 11 is 12.0. The molecule has 4 rings (SSSR count). The van der Waals surface area contributed by atoms with Crippen LogP contribution in [0.3, 0.4) is 0 Å². The van der Waals surface area contributed by atoms with E-state index in [1.807, 2.05) is 61.1 Å². The van der Waals surface area contributed by atoms with Gasteiger partial charge in [-0.25, -0.2) is 4.98 Å². The maximum Gasteiger partial charge on any atom is 0.0954 e. The zero-order chi connectivity index (χ0) is 17.2. The Morgan fingerprint density at radius 2 is 1.44 bits per heavy atom. The van der Waals surface area contributed by atoms with Crippen molar-refractivity contribution in [2.24, 2.45) is 0 Å². The number of hydrogen-bond donors (Lipinski definition) is 0. The third-order valence-corrected chi connectivity index (χ3v) is 4.67. The summed E-state index contributed by atoms with van der Waals surface area (Å²) in [6.07, 6.45) is 9.78. The summed E-state index contributed by atoms with van der Waals surface area (Å²) in [5, 5.41) is 1.46. The van der Waals surface area contributed by atoms with Gasteiger partial charge in [-0.15, -0.1) is 0 Å². The molecule has 3 nitrogen and oxygen atoms in total. The first kappa shape index (κ1) is 16.0. The van der Waals surface area contributed by atoms with Crippen LogP contribution in [-0.4, -0.2) is 14.1 Å². The molecular formula is C20H15Cl2N3. The fourth-order valence-electron chi connectivity index (χ4n) is 2.95. The molecule has 0 spiro atoms. The molecule has 0 saturated heterocycles. The molecular weight excluding hydrogens is 353 g/mol. The van der Waals surface area contributed by atoms with Crippen LogP contribution in [0.5, 0.6) is 0 Å². The predicted octanol–water partition coefficient (Wildman–Crippen LogP) is 5.62. The van der Waals surface area contributed by atoms with Gasteiger partial charge in [0.25, 0.3) is 0 Å². The molecule has 0 bridgehead atoms. The van der Waals surface area contributed by atoms with Crippen molar-refractivity contribution in [3.63, 3.8) is 0 Å². The number of imidazole rings is 1. The smallest absolute Gasteiger partial charge is 0.0954 e. The van der Waals surface area contributed by atoms with E-state index in [-0.39, 0.29) is 6.04 Å². The molecule has 2 heterocycles. The summed E-state index contributed by atoms with van der Waals surface area (Å²) in [5.74, 6) is 0. The van der Waals surface area contributed by atoms with E-state index in [0.29, 0.717) is 0 Å². The summed E-state index contributed by atoms with van der Waals surface area (Å²) < 4.78 is 4.18. The summed E-state index contributed by atoms with van der Waals surface area (Å²) in [4.78, 5) is 4.20. The molecule has 2 aromatic heterocycles. The SMILES string of the molecule is Clc1ccc([C@@H](c2ccn(-c3ccc(Cl)cc3)c2)n2ccnc2)cc1. The zero-order valence-electron chi connectivity index (χ0n) is 13.3. The number of benzene rings is 2. The van der Waals surface area contributed by atoms with Crippen LogP contribution in [-0.2, 0) is 0 Å². The highest BCUT2D eigenvalue weighted by molar-refractivity contribution is 6.30. The monoisotopic (exact) mass is 367 g/mol. The fourth-order valence-corrected chi connectivity index (χ4v) is 3.20. The van der Waals surface area contributed by atoms with Gasteiger partial charge in [0, 0.05) is 40.5 Å². The van der Waals surface area contributed by atoms with Crippen LogP contribution in [0, 0.1) is 0 Å². The van der Waals surface area contributed by atoms with Crippen LogP contribution in [0.4, 0.5) is 0 Å². The zero-order valence-corrected chi connectivity index (χ0v) is 14.8. The number of rotatable bonds is 4. The van der Waals surface area contributed by atoms with E-state index in [0.717, 1.165) is 26.9 Å². The lowest BCUT2D eigenvalue weighted by Crippen LogP contribution is -2.09. The fraction of sp³-hybridized carbons (Fsp3) is 0.0500. The van der Waals surface area contributed by atoms with Gasteiger partial charge in [-0.05, 0) is 53.6 Å². The molecule has 124 valence electrons. The van der Waals surface area contributed by atoms with Crippen LogP contribution < -0.4 is 0 Å². The van der Waals surface area contributed by atoms with E-state index in [9.17, 15) is 0 Å². The third kappa shape index (κ3) is 3.34. The van der Waals surface area contributed by atoms with Crippen molar-refractivity contribution in [2.75, 3.05) is 0 Å². The van der Waals surface area contributed by atoms with Gasteiger partial charge in [0.15, 0.2) is 0 Å². The maximum atomic E-state index is 6.05. The second-order valence-corrected chi connectivity index (χ2v) is 6.67. The van der Waals surface area contributed by atoms with E-state index in [4.69, 9.17) is 23.2 Å². The Morgan fingerprint density at radius 1 is 0.760 bits per heavy atom. The van der Waals surface area contributed by atoms with Gasteiger partial charge in [-0.2, -0.15) is 0 Å². The van der Waals surface area contributed by atoms with Crippen LogP contribution in [0.1, 0.15) is 17.2 Å². The molecule has 1 atom stereocenters. The molecule has 4 aromatic rings. The lowest BCUT2D eigenvalue weighted by Gasteiger charge is -2.18. The largest absolute Gasteiger partial charge is 0.326 e. The summed E-state index contributed by atoms with van der Waals surface area (Å²) in [6.45, 7) is 0. The minimum Gasteiger partial charge on any atom is -0.326 e. The van der Waals surface area contributed by atoms with Crippen molar-refractivity contribution in [3.05, 3.63) is 107 Å². The first-order chi connectivity index (χ1) is 12.2. The Hall–Kier alpha value is -2.49. The van der Waals surface area contributed by atoms with E-state index in [2.05, 4.69) is 32.6 Å². The Bertz CT molecular complexity index is 955. The van der Waals surface area contributed by atoms with Crippen molar-refractivity contribution in [2.45, 2.75) is 6.04 Å². The molecule has 0 N–H and O–H groups in total. The van der Waals surface area contributed by atoms with Crippen molar-refractivity contribution in [1.82, 2.24) is 14.1 Å². The van der Waals surface area contributed by atoms with E-state index in [1.54, 1.807) is 6.20 Å². The molecule has 0 amide bonds. The van der Waals surface area contributed by atoms with Crippen LogP contribution in [0.25, 0.3) is 5.69 Å². The van der Waals surface area contributed by atoms with Gasteiger partial charge >= 0.3 is 0 Å². The van der Waals surface area contributed by atoms with Gasteiger partial charge < -0.3 is 9.13 Å². The van der Waals surface area contributed by atoms with E-state index in [1.165, 1.54) is 0 Å². The molecule has 0 saturated carbocycles. The van der Waals surface area contributed by atoms with E-state index < -0.39 is 0 Å². The van der Waals surface area contributed by atoms with Crippen molar-refractivity contribution in [1.29, 1.82) is 0 Å². The first-order valence-electron chi connectivity index (χ1n) is 7.87. The second-order valence-electron chi connectivity index (χ2n) is 5.79. The van der Waals surface area contributed by atoms with Crippen molar-refractivity contribution < 1.29 is 0 Å². The topological polar surface area (TPSA) is 22.8 Å². The molecule has 0 aliphatic heterocycles. The molecule has 0 radical (unpaired) electrons. The predicted molar refractivity (Wildman–Crippen MR) is 102 cm³/mol. The highest BCUT2D eigenvalue weighted by Crippen LogP contribution is 2.28. The Morgan fingerprint density at radius 3 is 2.08 bits per heavy atom. The number of hydrogen-bond acceptors (Lipinski definition) is 1. The molecule has 0 unspecified atom stereocenters. The second kappa shape index (κ2) is 6.79. The Kier molecular flexibility index (Phi) is 4.35. The number of aromatic nitrogens is 3. The van der Waals surface area contributed by atoms with Crippen LogP contribution in [0.2, 0.25) is 10.0 Å². The molecule has 25 heavy (non-hydrogen) atoms. The minimum absolute atomic E-state index is 0.0355. The minimum atomic E-state index is 0.0355. The summed E-state index contributed by atoms with van der Waals surface area (Å²) in [7, 11) is 0. The average molecular weight is 368 g/mol. The number of nitrogens with zero attached hydrogens (tertiary/aromatic N) is 3. The van der Waals surface area contributed by atoms with Gasteiger partial charge in [0.05, 0.1) is 12.4 Å².